The highest BCUT2D eigenvalue weighted by Crippen LogP contribution is 2.07. The number of rotatable bonds is 5. The number of hydrogen-bond acceptors (Lipinski definition) is 2. The summed E-state index contributed by atoms with van der Waals surface area (Å²) >= 11 is 5.32. The van der Waals surface area contributed by atoms with E-state index >= 15 is 0 Å². The summed E-state index contributed by atoms with van der Waals surface area (Å²) < 4.78 is 5.22. The van der Waals surface area contributed by atoms with Crippen LogP contribution in [0.25, 0.3) is 0 Å². The van der Waals surface area contributed by atoms with Crippen LogP contribution in [0, 0.1) is 0 Å². The molecule has 3 heteroatoms. The highest BCUT2D eigenvalue weighted by molar-refractivity contribution is 6.67. The first kappa shape index (κ1) is 11.2. The van der Waals surface area contributed by atoms with Gasteiger partial charge in [0.15, 0.2) is 0 Å². The van der Waals surface area contributed by atoms with E-state index in [9.17, 15) is 4.79 Å². The molecular weight excluding hydrogens is 200 g/mol. The van der Waals surface area contributed by atoms with Gasteiger partial charge in [-0.15, -0.1) is 0 Å². The largest absolute Gasteiger partial charge is 0.381 e. The van der Waals surface area contributed by atoms with Crippen molar-refractivity contribution in [3.8, 4) is 0 Å². The van der Waals surface area contributed by atoms with Gasteiger partial charge >= 0.3 is 0 Å². The summed E-state index contributed by atoms with van der Waals surface area (Å²) in [7, 11) is 0. The SMILES string of the molecule is CCOCCc1ccc(C(=O)Cl)cc1. The minimum absolute atomic E-state index is 0.415. The molecule has 0 radical (unpaired) electrons. The molecule has 1 aromatic carbocycles. The topological polar surface area (TPSA) is 26.3 Å². The van der Waals surface area contributed by atoms with Crippen LogP contribution in [0.2, 0.25) is 0 Å². The van der Waals surface area contributed by atoms with E-state index in [-0.39, 0.29) is 0 Å². The first-order chi connectivity index (χ1) is 6.74. The van der Waals surface area contributed by atoms with Crippen LogP contribution >= 0.6 is 11.6 Å². The molecule has 0 N–H and O–H groups in total. The number of carbonyl (C=O) groups excluding carboxylic acids is 1. The summed E-state index contributed by atoms with van der Waals surface area (Å²) in [6.07, 6.45) is 0.866. The summed E-state index contributed by atoms with van der Waals surface area (Å²) in [5.41, 5.74) is 1.69. The number of benzene rings is 1. The van der Waals surface area contributed by atoms with Gasteiger partial charge in [-0.05, 0) is 42.6 Å². The van der Waals surface area contributed by atoms with E-state index in [0.29, 0.717) is 12.2 Å². The standard InChI is InChI=1S/C11H13ClO2/c1-2-14-8-7-9-3-5-10(6-4-9)11(12)13/h3-6H,2,7-8H2,1H3. The maximum atomic E-state index is 10.8. The zero-order chi connectivity index (χ0) is 10.4. The third kappa shape index (κ3) is 3.48. The molecule has 1 rings (SSSR count). The molecule has 76 valence electrons. The minimum Gasteiger partial charge on any atom is -0.381 e. The summed E-state index contributed by atoms with van der Waals surface area (Å²) in [5.74, 6) is 0. The number of halogens is 1. The van der Waals surface area contributed by atoms with Crippen molar-refractivity contribution in [1.82, 2.24) is 0 Å². The lowest BCUT2D eigenvalue weighted by molar-refractivity contribution is 0.108. The number of carbonyl (C=O) groups is 1. The van der Waals surface area contributed by atoms with E-state index < -0.39 is 5.24 Å². The molecular formula is C11H13ClO2. The van der Waals surface area contributed by atoms with E-state index in [2.05, 4.69) is 0 Å². The number of ether oxygens (including phenoxy) is 1. The van der Waals surface area contributed by atoms with Crippen molar-refractivity contribution >= 4 is 16.8 Å². The molecule has 0 atom stereocenters. The number of hydrogen-bond donors (Lipinski definition) is 0. The molecule has 14 heavy (non-hydrogen) atoms. The zero-order valence-corrected chi connectivity index (χ0v) is 8.88. The molecule has 0 aliphatic rings. The van der Waals surface area contributed by atoms with Crippen LogP contribution in [0.4, 0.5) is 0 Å². The molecule has 0 unspecified atom stereocenters. The van der Waals surface area contributed by atoms with Gasteiger partial charge in [0.1, 0.15) is 0 Å². The van der Waals surface area contributed by atoms with Crippen LogP contribution in [0.1, 0.15) is 22.8 Å². The van der Waals surface area contributed by atoms with Gasteiger partial charge in [-0.1, -0.05) is 12.1 Å². The van der Waals surface area contributed by atoms with Crippen molar-refractivity contribution in [2.75, 3.05) is 13.2 Å². The van der Waals surface area contributed by atoms with Gasteiger partial charge in [0, 0.05) is 12.2 Å². The quantitative estimate of drug-likeness (QED) is 0.554. The Kier molecular flexibility index (Phi) is 4.63. The molecule has 0 aromatic heterocycles. The Hall–Kier alpha value is -0.860. The van der Waals surface area contributed by atoms with Crippen LogP contribution in [0.3, 0.4) is 0 Å². The summed E-state index contributed by atoms with van der Waals surface area (Å²) in [6, 6.07) is 7.26. The fourth-order valence-electron chi connectivity index (χ4n) is 1.14. The molecule has 0 aliphatic carbocycles. The monoisotopic (exact) mass is 212 g/mol. The highest BCUT2D eigenvalue weighted by Gasteiger charge is 2.00. The average Bonchev–Trinajstić information content (AvgIpc) is 2.19. The fourth-order valence-corrected chi connectivity index (χ4v) is 1.26. The smallest absolute Gasteiger partial charge is 0.252 e. The van der Waals surface area contributed by atoms with Crippen LogP contribution in [0.15, 0.2) is 24.3 Å². The Labute approximate surface area is 88.8 Å². The van der Waals surface area contributed by atoms with E-state index in [1.807, 2.05) is 19.1 Å². The molecule has 0 amide bonds. The van der Waals surface area contributed by atoms with E-state index in [1.165, 1.54) is 0 Å². The fraction of sp³-hybridized carbons (Fsp3) is 0.364. The van der Waals surface area contributed by atoms with Crippen molar-refractivity contribution in [3.63, 3.8) is 0 Å². The normalized spacial score (nSPS) is 10.1. The molecule has 0 saturated carbocycles. The molecule has 0 aliphatic heterocycles. The first-order valence-electron chi connectivity index (χ1n) is 4.60. The third-order valence-corrected chi connectivity index (χ3v) is 2.14. The molecule has 0 saturated heterocycles. The second kappa shape index (κ2) is 5.78. The average molecular weight is 213 g/mol. The van der Waals surface area contributed by atoms with Crippen molar-refractivity contribution in [3.05, 3.63) is 35.4 Å². The first-order valence-corrected chi connectivity index (χ1v) is 4.98. The van der Waals surface area contributed by atoms with E-state index in [0.717, 1.165) is 18.6 Å². The Bertz CT molecular complexity index is 293. The molecule has 0 spiro atoms. The summed E-state index contributed by atoms with van der Waals surface area (Å²) in [4.78, 5) is 10.8. The van der Waals surface area contributed by atoms with Crippen molar-refractivity contribution in [1.29, 1.82) is 0 Å². The third-order valence-electron chi connectivity index (χ3n) is 1.92. The van der Waals surface area contributed by atoms with Crippen LogP contribution in [-0.2, 0) is 11.2 Å². The maximum Gasteiger partial charge on any atom is 0.252 e. The van der Waals surface area contributed by atoms with Crippen LogP contribution < -0.4 is 0 Å². The predicted molar refractivity (Wildman–Crippen MR) is 56.8 cm³/mol. The van der Waals surface area contributed by atoms with E-state index in [4.69, 9.17) is 16.3 Å². The summed E-state index contributed by atoms with van der Waals surface area (Å²) in [5, 5.41) is -0.415. The van der Waals surface area contributed by atoms with Crippen LogP contribution in [0.5, 0.6) is 0 Å². The van der Waals surface area contributed by atoms with Gasteiger partial charge in [-0.25, -0.2) is 0 Å². The Morgan fingerprint density at radius 2 is 2.00 bits per heavy atom. The molecule has 0 fully saturated rings. The Balaban J connectivity index is 2.51. The lowest BCUT2D eigenvalue weighted by Gasteiger charge is -2.02. The Morgan fingerprint density at radius 3 is 2.50 bits per heavy atom. The lowest BCUT2D eigenvalue weighted by Crippen LogP contribution is -1.98. The second-order valence-corrected chi connectivity index (χ2v) is 3.26. The van der Waals surface area contributed by atoms with Gasteiger partial charge in [-0.3, -0.25) is 4.79 Å². The molecule has 0 heterocycles. The Morgan fingerprint density at radius 1 is 1.36 bits per heavy atom. The molecule has 1 aromatic rings. The zero-order valence-electron chi connectivity index (χ0n) is 8.13. The van der Waals surface area contributed by atoms with Gasteiger partial charge in [0.05, 0.1) is 6.61 Å². The predicted octanol–water partition coefficient (Wildman–Crippen LogP) is 2.64. The van der Waals surface area contributed by atoms with Crippen molar-refractivity contribution in [2.24, 2.45) is 0 Å². The summed E-state index contributed by atoms with van der Waals surface area (Å²) in [6.45, 7) is 3.41. The van der Waals surface area contributed by atoms with Gasteiger partial charge in [-0.2, -0.15) is 0 Å². The van der Waals surface area contributed by atoms with E-state index in [1.54, 1.807) is 12.1 Å². The highest BCUT2D eigenvalue weighted by atomic mass is 35.5. The minimum atomic E-state index is -0.415. The van der Waals surface area contributed by atoms with Gasteiger partial charge < -0.3 is 4.74 Å². The van der Waals surface area contributed by atoms with Gasteiger partial charge in [0.2, 0.25) is 0 Å². The second-order valence-electron chi connectivity index (χ2n) is 2.92. The van der Waals surface area contributed by atoms with Gasteiger partial charge in [0.25, 0.3) is 5.24 Å². The van der Waals surface area contributed by atoms with Crippen LogP contribution in [-0.4, -0.2) is 18.5 Å². The maximum absolute atomic E-state index is 10.8. The van der Waals surface area contributed by atoms with Crippen molar-refractivity contribution < 1.29 is 9.53 Å². The molecule has 0 bridgehead atoms. The van der Waals surface area contributed by atoms with Crippen molar-refractivity contribution in [2.45, 2.75) is 13.3 Å². The molecule has 2 nitrogen and oxygen atoms in total. The lowest BCUT2D eigenvalue weighted by atomic mass is 10.1.